The van der Waals surface area contributed by atoms with Crippen molar-refractivity contribution in [2.75, 3.05) is 0 Å². The Morgan fingerprint density at radius 3 is 2.69 bits per heavy atom. The van der Waals surface area contributed by atoms with Gasteiger partial charge in [-0.15, -0.1) is 12.6 Å². The van der Waals surface area contributed by atoms with Crippen LogP contribution in [0.2, 0.25) is 0 Å². The van der Waals surface area contributed by atoms with Gasteiger partial charge in [0, 0.05) is 10.8 Å². The number of thiol groups is 1. The molecule has 0 spiro atoms. The van der Waals surface area contributed by atoms with Crippen molar-refractivity contribution in [2.45, 2.75) is 17.7 Å². The summed E-state index contributed by atoms with van der Waals surface area (Å²) in [5.41, 5.74) is 1.25. The average Bonchev–Trinajstić information content (AvgIpc) is 2.15. The molecule has 0 saturated heterocycles. The summed E-state index contributed by atoms with van der Waals surface area (Å²) >= 11 is 4.40. The van der Waals surface area contributed by atoms with Gasteiger partial charge in [0.25, 0.3) is 0 Å². The molecule has 0 heterocycles. The van der Waals surface area contributed by atoms with Gasteiger partial charge in [0.1, 0.15) is 0 Å². The standard InChI is InChI=1S/C12H14S/c1-3-4-7-10(2)11-8-5-6-9-12(11)13/h3-10,13H,1H2,2H3/b7-4-. The van der Waals surface area contributed by atoms with Gasteiger partial charge in [0.15, 0.2) is 0 Å². The van der Waals surface area contributed by atoms with E-state index in [0.717, 1.165) is 4.90 Å². The monoisotopic (exact) mass is 190 g/mol. The molecule has 0 saturated carbocycles. The van der Waals surface area contributed by atoms with Crippen LogP contribution in [-0.2, 0) is 0 Å². The molecule has 1 heteroatoms. The molecular weight excluding hydrogens is 176 g/mol. The lowest BCUT2D eigenvalue weighted by molar-refractivity contribution is 0.935. The van der Waals surface area contributed by atoms with E-state index < -0.39 is 0 Å². The molecule has 1 unspecified atom stereocenters. The quantitative estimate of drug-likeness (QED) is 0.543. The van der Waals surface area contributed by atoms with Crippen molar-refractivity contribution in [2.24, 2.45) is 0 Å². The molecule has 0 aliphatic carbocycles. The van der Waals surface area contributed by atoms with Crippen molar-refractivity contribution in [3.8, 4) is 0 Å². The summed E-state index contributed by atoms with van der Waals surface area (Å²) in [5, 5.41) is 0. The normalized spacial score (nSPS) is 13.1. The summed E-state index contributed by atoms with van der Waals surface area (Å²) in [4.78, 5) is 1.05. The lowest BCUT2D eigenvalue weighted by Gasteiger charge is -2.08. The third-order valence-electron chi connectivity index (χ3n) is 1.96. The van der Waals surface area contributed by atoms with Gasteiger partial charge in [-0.3, -0.25) is 0 Å². The lowest BCUT2D eigenvalue weighted by atomic mass is 10.0. The minimum absolute atomic E-state index is 0.395. The van der Waals surface area contributed by atoms with Gasteiger partial charge in [-0.05, 0) is 11.6 Å². The van der Waals surface area contributed by atoms with Crippen molar-refractivity contribution < 1.29 is 0 Å². The third kappa shape index (κ3) is 2.78. The zero-order chi connectivity index (χ0) is 9.68. The van der Waals surface area contributed by atoms with Gasteiger partial charge >= 0.3 is 0 Å². The van der Waals surface area contributed by atoms with Crippen LogP contribution >= 0.6 is 12.6 Å². The summed E-state index contributed by atoms with van der Waals surface area (Å²) in [7, 11) is 0. The van der Waals surface area contributed by atoms with E-state index in [9.17, 15) is 0 Å². The summed E-state index contributed by atoms with van der Waals surface area (Å²) in [6, 6.07) is 8.14. The first-order valence-corrected chi connectivity index (χ1v) is 4.77. The Morgan fingerprint density at radius 1 is 1.38 bits per heavy atom. The molecule has 1 atom stereocenters. The van der Waals surface area contributed by atoms with Gasteiger partial charge < -0.3 is 0 Å². The molecule has 0 nitrogen and oxygen atoms in total. The third-order valence-corrected chi connectivity index (χ3v) is 2.37. The van der Waals surface area contributed by atoms with Gasteiger partial charge in [0.05, 0.1) is 0 Å². The van der Waals surface area contributed by atoms with Crippen molar-refractivity contribution in [3.63, 3.8) is 0 Å². The van der Waals surface area contributed by atoms with Gasteiger partial charge in [-0.25, -0.2) is 0 Å². The maximum atomic E-state index is 4.40. The maximum Gasteiger partial charge on any atom is 0.00779 e. The van der Waals surface area contributed by atoms with Crippen molar-refractivity contribution in [3.05, 3.63) is 54.6 Å². The number of rotatable bonds is 3. The highest BCUT2D eigenvalue weighted by molar-refractivity contribution is 7.80. The number of benzene rings is 1. The van der Waals surface area contributed by atoms with E-state index in [4.69, 9.17) is 0 Å². The summed E-state index contributed by atoms with van der Waals surface area (Å²) < 4.78 is 0. The van der Waals surface area contributed by atoms with Crippen LogP contribution in [0.15, 0.2) is 54.0 Å². The number of allylic oxidation sites excluding steroid dienone is 3. The molecule has 1 rings (SSSR count). The van der Waals surface area contributed by atoms with E-state index in [1.165, 1.54) is 5.56 Å². The van der Waals surface area contributed by atoms with Crippen LogP contribution in [-0.4, -0.2) is 0 Å². The number of hydrogen-bond acceptors (Lipinski definition) is 1. The number of hydrogen-bond donors (Lipinski definition) is 1. The first kappa shape index (κ1) is 10.1. The molecular formula is C12H14S. The van der Waals surface area contributed by atoms with Crippen LogP contribution in [0.4, 0.5) is 0 Å². The first-order chi connectivity index (χ1) is 6.25. The van der Waals surface area contributed by atoms with Gasteiger partial charge in [-0.2, -0.15) is 0 Å². The van der Waals surface area contributed by atoms with Crippen molar-refractivity contribution in [1.82, 2.24) is 0 Å². The molecule has 1 aromatic carbocycles. The maximum absolute atomic E-state index is 4.40. The van der Waals surface area contributed by atoms with E-state index in [2.05, 4.69) is 38.3 Å². The van der Waals surface area contributed by atoms with Crippen LogP contribution in [0, 0.1) is 0 Å². The van der Waals surface area contributed by atoms with Crippen LogP contribution in [0.1, 0.15) is 18.4 Å². The first-order valence-electron chi connectivity index (χ1n) is 4.33. The Kier molecular flexibility index (Phi) is 3.84. The molecule has 0 radical (unpaired) electrons. The van der Waals surface area contributed by atoms with E-state index in [1.54, 1.807) is 6.08 Å². The molecule has 0 fully saturated rings. The topological polar surface area (TPSA) is 0 Å². The predicted octanol–water partition coefficient (Wildman–Crippen LogP) is 3.82. The predicted molar refractivity (Wildman–Crippen MR) is 61.4 cm³/mol. The highest BCUT2D eigenvalue weighted by atomic mass is 32.1. The molecule has 0 aliphatic heterocycles. The smallest absolute Gasteiger partial charge is 0.00779 e. The Hall–Kier alpha value is -0.950. The fraction of sp³-hybridized carbons (Fsp3) is 0.167. The molecule has 0 aliphatic rings. The second kappa shape index (κ2) is 4.93. The van der Waals surface area contributed by atoms with E-state index in [0.29, 0.717) is 5.92 Å². The second-order valence-corrected chi connectivity index (χ2v) is 3.45. The summed E-state index contributed by atoms with van der Waals surface area (Å²) in [6.07, 6.45) is 5.87. The Bertz CT molecular complexity index is 313. The Morgan fingerprint density at radius 2 is 2.08 bits per heavy atom. The fourth-order valence-corrected chi connectivity index (χ4v) is 1.59. The highest BCUT2D eigenvalue weighted by Gasteiger charge is 2.03. The van der Waals surface area contributed by atoms with Gasteiger partial charge in [-0.1, -0.05) is 49.9 Å². The van der Waals surface area contributed by atoms with E-state index >= 15 is 0 Å². The van der Waals surface area contributed by atoms with E-state index in [-0.39, 0.29) is 0 Å². The summed E-state index contributed by atoms with van der Waals surface area (Å²) in [6.45, 7) is 5.79. The Labute approximate surface area is 85.4 Å². The molecule has 13 heavy (non-hydrogen) atoms. The molecule has 68 valence electrons. The summed E-state index contributed by atoms with van der Waals surface area (Å²) in [5.74, 6) is 0.395. The van der Waals surface area contributed by atoms with Crippen LogP contribution < -0.4 is 0 Å². The lowest BCUT2D eigenvalue weighted by Crippen LogP contribution is -1.89. The zero-order valence-electron chi connectivity index (χ0n) is 7.77. The van der Waals surface area contributed by atoms with Crippen molar-refractivity contribution >= 4 is 12.6 Å². The zero-order valence-corrected chi connectivity index (χ0v) is 8.67. The minimum atomic E-state index is 0.395. The van der Waals surface area contributed by atoms with Crippen LogP contribution in [0.25, 0.3) is 0 Å². The van der Waals surface area contributed by atoms with Crippen molar-refractivity contribution in [1.29, 1.82) is 0 Å². The highest BCUT2D eigenvalue weighted by Crippen LogP contribution is 2.23. The average molecular weight is 190 g/mol. The minimum Gasteiger partial charge on any atom is -0.143 e. The SMILES string of the molecule is C=C/C=C\C(C)c1ccccc1S. The molecule has 0 bridgehead atoms. The van der Waals surface area contributed by atoms with Crippen LogP contribution in [0.3, 0.4) is 0 Å². The largest absolute Gasteiger partial charge is 0.143 e. The molecule has 0 aromatic heterocycles. The molecule has 0 amide bonds. The fourth-order valence-electron chi connectivity index (χ4n) is 1.22. The second-order valence-electron chi connectivity index (χ2n) is 2.97. The van der Waals surface area contributed by atoms with E-state index in [1.807, 2.05) is 24.3 Å². The van der Waals surface area contributed by atoms with Gasteiger partial charge in [0.2, 0.25) is 0 Å². The Balaban J connectivity index is 2.88. The van der Waals surface area contributed by atoms with Crippen LogP contribution in [0.5, 0.6) is 0 Å². The molecule has 0 N–H and O–H groups in total. The molecule has 1 aromatic rings.